The minimum absolute atomic E-state index is 0.101. The van der Waals surface area contributed by atoms with Crippen molar-refractivity contribution in [2.75, 3.05) is 0 Å². The monoisotopic (exact) mass is 253 g/mol. The third kappa shape index (κ3) is 2.02. The van der Waals surface area contributed by atoms with E-state index in [1.54, 1.807) is 4.68 Å². The van der Waals surface area contributed by atoms with E-state index in [4.69, 9.17) is 11.6 Å². The van der Waals surface area contributed by atoms with E-state index in [1.165, 1.54) is 31.4 Å². The van der Waals surface area contributed by atoms with Crippen molar-refractivity contribution in [2.45, 2.75) is 32.2 Å². The first-order valence-electron chi connectivity index (χ1n) is 5.92. The second-order valence-corrected chi connectivity index (χ2v) is 5.06. The summed E-state index contributed by atoms with van der Waals surface area (Å²) in [5.74, 6) is 0.401. The van der Waals surface area contributed by atoms with Crippen LogP contribution < -0.4 is 0 Å². The summed E-state index contributed by atoms with van der Waals surface area (Å²) in [4.78, 5) is 0. The van der Waals surface area contributed by atoms with E-state index in [9.17, 15) is 4.39 Å². The molecule has 1 aromatic heterocycles. The zero-order chi connectivity index (χ0) is 11.8. The summed E-state index contributed by atoms with van der Waals surface area (Å²) < 4.78 is 15.2. The Hall–Kier alpha value is -1.16. The molecule has 0 aliphatic heterocycles. The number of benzene rings is 1. The van der Waals surface area contributed by atoms with Gasteiger partial charge in [-0.05, 0) is 18.4 Å². The molecule has 1 fully saturated rings. The van der Waals surface area contributed by atoms with E-state index in [-0.39, 0.29) is 5.02 Å². The predicted molar refractivity (Wildman–Crippen MR) is 64.5 cm³/mol. The molecule has 0 amide bonds. The first-order valence-corrected chi connectivity index (χ1v) is 6.30. The number of halogens is 2. The molecule has 1 aromatic carbocycles. The molecular formula is C12H13ClFN3. The Morgan fingerprint density at radius 3 is 2.94 bits per heavy atom. The van der Waals surface area contributed by atoms with Gasteiger partial charge >= 0.3 is 0 Å². The van der Waals surface area contributed by atoms with Crippen molar-refractivity contribution in [1.29, 1.82) is 0 Å². The largest absolute Gasteiger partial charge is 0.245 e. The van der Waals surface area contributed by atoms with Gasteiger partial charge in [0.15, 0.2) is 0 Å². The summed E-state index contributed by atoms with van der Waals surface area (Å²) in [5.41, 5.74) is 1.39. The van der Waals surface area contributed by atoms with E-state index in [2.05, 4.69) is 10.3 Å². The van der Waals surface area contributed by atoms with E-state index in [0.29, 0.717) is 5.52 Å². The topological polar surface area (TPSA) is 30.7 Å². The normalized spacial score (nSPS) is 16.4. The lowest BCUT2D eigenvalue weighted by molar-refractivity contribution is 0.278. The van der Waals surface area contributed by atoms with Gasteiger partial charge in [0.2, 0.25) is 0 Å². The Morgan fingerprint density at radius 2 is 2.24 bits per heavy atom. The van der Waals surface area contributed by atoms with Gasteiger partial charge in [-0.3, -0.25) is 0 Å². The highest BCUT2D eigenvalue weighted by atomic mass is 35.5. The van der Waals surface area contributed by atoms with Crippen molar-refractivity contribution in [3.05, 3.63) is 23.0 Å². The molecule has 0 spiro atoms. The highest BCUT2D eigenvalue weighted by Gasteiger charge is 2.18. The standard InChI is InChI=1S/C12H13ClFN3/c13-9-6-11-12(7-10(9)14)17(16-15-11)5-4-8-2-1-3-8/h6-8H,1-5H2. The number of hydrogen-bond donors (Lipinski definition) is 0. The quantitative estimate of drug-likeness (QED) is 0.839. The van der Waals surface area contributed by atoms with Crippen LogP contribution in [0.2, 0.25) is 5.02 Å². The fourth-order valence-electron chi connectivity index (χ4n) is 2.21. The number of hydrogen-bond acceptors (Lipinski definition) is 2. The minimum atomic E-state index is -0.411. The zero-order valence-electron chi connectivity index (χ0n) is 9.37. The highest BCUT2D eigenvalue weighted by Crippen LogP contribution is 2.30. The van der Waals surface area contributed by atoms with Crippen LogP contribution >= 0.6 is 11.6 Å². The molecule has 0 radical (unpaired) electrons. The van der Waals surface area contributed by atoms with Gasteiger partial charge in [0.05, 0.1) is 10.5 Å². The second-order valence-electron chi connectivity index (χ2n) is 4.65. The van der Waals surface area contributed by atoms with E-state index in [0.717, 1.165) is 24.4 Å². The first kappa shape index (κ1) is 11.0. The van der Waals surface area contributed by atoms with Crippen LogP contribution in [0.4, 0.5) is 4.39 Å². The van der Waals surface area contributed by atoms with Gasteiger partial charge in [0, 0.05) is 12.6 Å². The summed E-state index contributed by atoms with van der Waals surface area (Å²) in [6.07, 6.45) is 5.06. The Morgan fingerprint density at radius 1 is 1.41 bits per heavy atom. The van der Waals surface area contributed by atoms with Gasteiger partial charge in [-0.15, -0.1) is 5.10 Å². The molecule has 90 valence electrons. The lowest BCUT2D eigenvalue weighted by atomic mass is 9.83. The van der Waals surface area contributed by atoms with Gasteiger partial charge in [-0.25, -0.2) is 9.07 Å². The fraction of sp³-hybridized carbons (Fsp3) is 0.500. The number of aryl methyl sites for hydroxylation is 1. The Balaban J connectivity index is 1.85. The smallest absolute Gasteiger partial charge is 0.144 e. The van der Waals surface area contributed by atoms with Crippen LogP contribution in [0, 0.1) is 11.7 Å². The molecule has 1 saturated carbocycles. The first-order chi connectivity index (χ1) is 8.24. The molecule has 0 atom stereocenters. The number of aromatic nitrogens is 3. The molecule has 5 heteroatoms. The molecule has 17 heavy (non-hydrogen) atoms. The molecule has 0 bridgehead atoms. The van der Waals surface area contributed by atoms with Crippen LogP contribution in [0.3, 0.4) is 0 Å². The molecule has 1 aliphatic carbocycles. The molecule has 1 heterocycles. The van der Waals surface area contributed by atoms with Crippen molar-refractivity contribution < 1.29 is 4.39 Å². The molecular weight excluding hydrogens is 241 g/mol. The molecule has 0 saturated heterocycles. The van der Waals surface area contributed by atoms with Crippen molar-refractivity contribution in [3.63, 3.8) is 0 Å². The molecule has 3 nitrogen and oxygen atoms in total. The van der Waals surface area contributed by atoms with E-state index < -0.39 is 5.82 Å². The summed E-state index contributed by atoms with van der Waals surface area (Å²) in [6.45, 7) is 0.808. The maximum atomic E-state index is 13.4. The molecule has 2 aromatic rings. The Bertz CT molecular complexity index is 548. The summed E-state index contributed by atoms with van der Waals surface area (Å²) in [6, 6.07) is 2.94. The third-order valence-electron chi connectivity index (χ3n) is 3.53. The average molecular weight is 254 g/mol. The number of fused-ring (bicyclic) bond motifs is 1. The number of rotatable bonds is 3. The van der Waals surface area contributed by atoms with Gasteiger partial charge in [0.1, 0.15) is 11.3 Å². The van der Waals surface area contributed by atoms with E-state index >= 15 is 0 Å². The Labute approximate surface area is 104 Å². The molecule has 0 unspecified atom stereocenters. The predicted octanol–water partition coefficient (Wildman–Crippen LogP) is 3.41. The third-order valence-corrected chi connectivity index (χ3v) is 3.82. The van der Waals surface area contributed by atoms with Crippen molar-refractivity contribution in [3.8, 4) is 0 Å². The maximum Gasteiger partial charge on any atom is 0.144 e. The average Bonchev–Trinajstić information content (AvgIpc) is 2.60. The van der Waals surface area contributed by atoms with Crippen LogP contribution in [-0.2, 0) is 6.54 Å². The molecule has 0 N–H and O–H groups in total. The second kappa shape index (κ2) is 4.26. The Kier molecular flexibility index (Phi) is 2.74. The van der Waals surface area contributed by atoms with Crippen molar-refractivity contribution in [2.24, 2.45) is 5.92 Å². The summed E-state index contributed by atoms with van der Waals surface area (Å²) >= 11 is 5.70. The van der Waals surface area contributed by atoms with Crippen LogP contribution in [0.1, 0.15) is 25.7 Å². The van der Waals surface area contributed by atoms with Crippen molar-refractivity contribution in [1.82, 2.24) is 15.0 Å². The molecule has 1 aliphatic rings. The van der Waals surface area contributed by atoms with Crippen LogP contribution in [0.5, 0.6) is 0 Å². The van der Waals surface area contributed by atoms with E-state index in [1.807, 2.05) is 0 Å². The summed E-state index contributed by atoms with van der Waals surface area (Å²) in [5, 5.41) is 8.15. The maximum absolute atomic E-state index is 13.4. The van der Waals surface area contributed by atoms with Gasteiger partial charge in [0.25, 0.3) is 0 Å². The fourth-order valence-corrected chi connectivity index (χ4v) is 2.37. The molecule has 3 rings (SSSR count). The lowest BCUT2D eigenvalue weighted by Crippen LogP contribution is -2.14. The van der Waals surface area contributed by atoms with Crippen LogP contribution in [0.25, 0.3) is 11.0 Å². The van der Waals surface area contributed by atoms with Gasteiger partial charge in [-0.2, -0.15) is 0 Å². The highest BCUT2D eigenvalue weighted by molar-refractivity contribution is 6.31. The number of nitrogens with zero attached hydrogens (tertiary/aromatic N) is 3. The summed E-state index contributed by atoms with van der Waals surface area (Å²) in [7, 11) is 0. The lowest BCUT2D eigenvalue weighted by Gasteiger charge is -2.24. The minimum Gasteiger partial charge on any atom is -0.245 e. The SMILES string of the molecule is Fc1cc2c(cc1Cl)nnn2CCC1CCC1. The zero-order valence-corrected chi connectivity index (χ0v) is 10.1. The van der Waals surface area contributed by atoms with Crippen LogP contribution in [-0.4, -0.2) is 15.0 Å². The van der Waals surface area contributed by atoms with Gasteiger partial charge in [-0.1, -0.05) is 36.1 Å². The van der Waals surface area contributed by atoms with Gasteiger partial charge < -0.3 is 0 Å². The van der Waals surface area contributed by atoms with Crippen molar-refractivity contribution >= 4 is 22.6 Å². The van der Waals surface area contributed by atoms with Crippen LogP contribution in [0.15, 0.2) is 12.1 Å².